The standard InChI is InChI=1S/C21H24N2O5/c1-14-11-19(15(2)23(14)9-10-26-4)20(24)13-27-21(25)16(3)28-18-7-5-17(12-22)6-8-18/h5-8,11,16H,9-10,13H2,1-4H3/t16-/m0/s1. The molecule has 0 radical (unpaired) electrons. The van der Waals surface area contributed by atoms with Crippen LogP contribution in [0.2, 0.25) is 0 Å². The van der Waals surface area contributed by atoms with Crippen molar-refractivity contribution in [1.29, 1.82) is 5.26 Å². The number of ether oxygens (including phenoxy) is 3. The summed E-state index contributed by atoms with van der Waals surface area (Å²) in [4.78, 5) is 24.6. The number of Topliss-reactive ketones (excluding diaryl/α,β-unsaturated/α-hetero) is 1. The molecule has 2 rings (SSSR count). The smallest absolute Gasteiger partial charge is 0.347 e. The Morgan fingerprint density at radius 2 is 1.89 bits per heavy atom. The van der Waals surface area contributed by atoms with Crippen LogP contribution < -0.4 is 4.74 Å². The van der Waals surface area contributed by atoms with E-state index in [0.29, 0.717) is 30.0 Å². The molecule has 0 spiro atoms. The van der Waals surface area contributed by atoms with E-state index in [4.69, 9.17) is 19.5 Å². The van der Waals surface area contributed by atoms with Crippen LogP contribution in [0.3, 0.4) is 0 Å². The third-order valence-corrected chi connectivity index (χ3v) is 4.37. The van der Waals surface area contributed by atoms with Gasteiger partial charge < -0.3 is 18.8 Å². The Kier molecular flexibility index (Phi) is 7.36. The molecule has 148 valence electrons. The number of methoxy groups -OCH3 is 1. The van der Waals surface area contributed by atoms with Crippen molar-refractivity contribution in [3.63, 3.8) is 0 Å². The van der Waals surface area contributed by atoms with Gasteiger partial charge in [-0.15, -0.1) is 0 Å². The fourth-order valence-corrected chi connectivity index (χ4v) is 2.80. The summed E-state index contributed by atoms with van der Waals surface area (Å²) in [5, 5.41) is 8.79. The van der Waals surface area contributed by atoms with Crippen molar-refractivity contribution in [2.24, 2.45) is 0 Å². The topological polar surface area (TPSA) is 90.6 Å². The van der Waals surface area contributed by atoms with Crippen LogP contribution in [0, 0.1) is 25.2 Å². The average molecular weight is 384 g/mol. The molecule has 1 aromatic heterocycles. The second-order valence-electron chi connectivity index (χ2n) is 6.36. The molecule has 1 heterocycles. The second kappa shape index (κ2) is 9.72. The lowest BCUT2D eigenvalue weighted by atomic mass is 10.1. The third-order valence-electron chi connectivity index (χ3n) is 4.37. The van der Waals surface area contributed by atoms with Gasteiger partial charge in [0.25, 0.3) is 0 Å². The Labute approximate surface area is 164 Å². The summed E-state index contributed by atoms with van der Waals surface area (Å²) in [6, 6.07) is 10.2. The van der Waals surface area contributed by atoms with Gasteiger partial charge in [0.15, 0.2) is 12.7 Å². The minimum absolute atomic E-state index is 0.268. The number of aromatic nitrogens is 1. The van der Waals surface area contributed by atoms with E-state index in [0.717, 1.165) is 11.4 Å². The van der Waals surface area contributed by atoms with E-state index < -0.39 is 12.1 Å². The van der Waals surface area contributed by atoms with Gasteiger partial charge in [0.2, 0.25) is 5.78 Å². The van der Waals surface area contributed by atoms with Gasteiger partial charge in [-0.2, -0.15) is 5.26 Å². The zero-order valence-corrected chi connectivity index (χ0v) is 16.5. The van der Waals surface area contributed by atoms with Gasteiger partial charge >= 0.3 is 5.97 Å². The molecule has 0 saturated carbocycles. The zero-order chi connectivity index (χ0) is 20.7. The van der Waals surface area contributed by atoms with E-state index >= 15 is 0 Å². The molecule has 1 atom stereocenters. The zero-order valence-electron chi connectivity index (χ0n) is 16.5. The summed E-state index contributed by atoms with van der Waals surface area (Å²) >= 11 is 0. The van der Waals surface area contributed by atoms with Crippen LogP contribution in [0.25, 0.3) is 0 Å². The predicted octanol–water partition coefficient (Wildman–Crippen LogP) is 2.82. The van der Waals surface area contributed by atoms with Crippen molar-refractivity contribution in [3.8, 4) is 11.8 Å². The third kappa shape index (κ3) is 5.21. The van der Waals surface area contributed by atoms with Crippen LogP contribution in [0.15, 0.2) is 30.3 Å². The van der Waals surface area contributed by atoms with Gasteiger partial charge in [0, 0.05) is 30.6 Å². The Balaban J connectivity index is 1.92. The first-order valence-corrected chi connectivity index (χ1v) is 8.89. The highest BCUT2D eigenvalue weighted by molar-refractivity contribution is 5.99. The highest BCUT2D eigenvalue weighted by Gasteiger charge is 2.21. The van der Waals surface area contributed by atoms with Crippen molar-refractivity contribution in [1.82, 2.24) is 4.57 Å². The molecule has 0 unspecified atom stereocenters. The number of hydrogen-bond donors (Lipinski definition) is 0. The van der Waals surface area contributed by atoms with Crippen LogP contribution in [-0.4, -0.2) is 42.7 Å². The van der Waals surface area contributed by atoms with E-state index in [1.165, 1.54) is 0 Å². The average Bonchev–Trinajstić information content (AvgIpc) is 2.98. The number of hydrogen-bond acceptors (Lipinski definition) is 6. The van der Waals surface area contributed by atoms with Crippen LogP contribution >= 0.6 is 0 Å². The monoisotopic (exact) mass is 384 g/mol. The first-order chi connectivity index (χ1) is 13.4. The van der Waals surface area contributed by atoms with Crippen LogP contribution in [-0.2, 0) is 20.8 Å². The second-order valence-corrected chi connectivity index (χ2v) is 6.36. The Morgan fingerprint density at radius 1 is 1.21 bits per heavy atom. The number of nitriles is 1. The maximum absolute atomic E-state index is 12.5. The maximum Gasteiger partial charge on any atom is 0.347 e. The Hall–Kier alpha value is -3.11. The first kappa shape index (κ1) is 21.2. The van der Waals surface area contributed by atoms with E-state index in [1.54, 1.807) is 44.4 Å². The summed E-state index contributed by atoms with van der Waals surface area (Å²) in [5.74, 6) is -0.460. The molecular formula is C21H24N2O5. The fraction of sp³-hybridized carbons (Fsp3) is 0.381. The Morgan fingerprint density at radius 3 is 2.50 bits per heavy atom. The quantitative estimate of drug-likeness (QED) is 0.488. The van der Waals surface area contributed by atoms with Gasteiger partial charge in [-0.05, 0) is 51.1 Å². The number of carbonyl (C=O) groups excluding carboxylic acids is 2. The number of benzene rings is 1. The van der Waals surface area contributed by atoms with E-state index in [2.05, 4.69) is 0 Å². The summed E-state index contributed by atoms with van der Waals surface area (Å²) < 4.78 is 17.7. The molecule has 0 aliphatic rings. The first-order valence-electron chi connectivity index (χ1n) is 8.89. The fourth-order valence-electron chi connectivity index (χ4n) is 2.80. The SMILES string of the molecule is COCCn1c(C)cc(C(=O)COC(=O)[C@H](C)Oc2ccc(C#N)cc2)c1C. The van der Waals surface area contributed by atoms with Gasteiger partial charge in [-0.3, -0.25) is 4.79 Å². The minimum atomic E-state index is -0.880. The van der Waals surface area contributed by atoms with E-state index in [1.807, 2.05) is 24.5 Å². The molecule has 0 amide bonds. The maximum atomic E-state index is 12.5. The largest absolute Gasteiger partial charge is 0.479 e. The normalized spacial score (nSPS) is 11.5. The molecular weight excluding hydrogens is 360 g/mol. The predicted molar refractivity (Wildman–Crippen MR) is 102 cm³/mol. The molecule has 0 N–H and O–H groups in total. The molecule has 7 heteroatoms. The molecule has 7 nitrogen and oxygen atoms in total. The van der Waals surface area contributed by atoms with Crippen molar-refractivity contribution in [2.45, 2.75) is 33.4 Å². The van der Waals surface area contributed by atoms with Crippen molar-refractivity contribution < 1.29 is 23.8 Å². The lowest BCUT2D eigenvalue weighted by Gasteiger charge is -2.14. The molecule has 0 aliphatic carbocycles. The summed E-state index contributed by atoms with van der Waals surface area (Å²) in [7, 11) is 1.63. The minimum Gasteiger partial charge on any atom is -0.479 e. The van der Waals surface area contributed by atoms with Crippen molar-refractivity contribution in [2.75, 3.05) is 20.3 Å². The number of esters is 1. The number of aryl methyl sites for hydroxylation is 1. The van der Waals surface area contributed by atoms with Crippen molar-refractivity contribution >= 4 is 11.8 Å². The van der Waals surface area contributed by atoms with Gasteiger partial charge in [-0.1, -0.05) is 0 Å². The van der Waals surface area contributed by atoms with Crippen molar-refractivity contribution in [3.05, 3.63) is 52.8 Å². The lowest BCUT2D eigenvalue weighted by molar-refractivity contribution is -0.149. The number of carbonyl (C=O) groups is 2. The number of rotatable bonds is 9. The highest BCUT2D eigenvalue weighted by Crippen LogP contribution is 2.17. The summed E-state index contributed by atoms with van der Waals surface area (Å²) in [6.07, 6.45) is -0.880. The molecule has 0 saturated heterocycles. The summed E-state index contributed by atoms with van der Waals surface area (Å²) in [6.45, 7) is 6.16. The van der Waals surface area contributed by atoms with Gasteiger partial charge in [0.05, 0.1) is 18.2 Å². The number of nitrogens with zero attached hydrogens (tertiary/aromatic N) is 2. The molecule has 2 aromatic rings. The molecule has 28 heavy (non-hydrogen) atoms. The van der Waals surface area contributed by atoms with Gasteiger partial charge in [0.1, 0.15) is 5.75 Å². The molecule has 0 fully saturated rings. The van der Waals surface area contributed by atoms with Crippen LogP contribution in [0.1, 0.15) is 34.2 Å². The van der Waals surface area contributed by atoms with E-state index in [9.17, 15) is 9.59 Å². The van der Waals surface area contributed by atoms with Crippen LogP contribution in [0.5, 0.6) is 5.75 Å². The van der Waals surface area contributed by atoms with E-state index in [-0.39, 0.29) is 12.4 Å². The summed E-state index contributed by atoms with van der Waals surface area (Å²) in [5.41, 5.74) is 2.79. The highest BCUT2D eigenvalue weighted by atomic mass is 16.6. The van der Waals surface area contributed by atoms with Crippen LogP contribution in [0.4, 0.5) is 0 Å². The number of ketones is 1. The Bertz CT molecular complexity index is 877. The lowest BCUT2D eigenvalue weighted by Crippen LogP contribution is -2.28. The molecule has 1 aromatic carbocycles. The molecule has 0 aliphatic heterocycles. The molecule has 0 bridgehead atoms. The van der Waals surface area contributed by atoms with Gasteiger partial charge in [-0.25, -0.2) is 4.79 Å².